The van der Waals surface area contributed by atoms with Crippen LogP contribution < -0.4 is 4.90 Å². The molecule has 1 saturated heterocycles. The molecule has 0 aliphatic carbocycles. The highest BCUT2D eigenvalue weighted by atomic mass is 32.1. The number of aliphatic hydroxyl groups excluding tert-OH is 1. The SMILES string of the molecule is CCC1CN(c2nc(C(C)O)cs2)CCCO1. The molecule has 4 nitrogen and oxygen atoms in total. The molecule has 5 heteroatoms. The van der Waals surface area contributed by atoms with Gasteiger partial charge in [0.25, 0.3) is 0 Å². The molecule has 2 heterocycles. The van der Waals surface area contributed by atoms with Gasteiger partial charge in [-0.1, -0.05) is 6.92 Å². The first-order chi connectivity index (χ1) is 8.20. The summed E-state index contributed by atoms with van der Waals surface area (Å²) in [5.74, 6) is 0. The molecule has 0 spiro atoms. The van der Waals surface area contributed by atoms with Crippen LogP contribution in [0.3, 0.4) is 0 Å². The molecule has 1 aliphatic heterocycles. The molecule has 0 amide bonds. The highest BCUT2D eigenvalue weighted by Crippen LogP contribution is 2.25. The minimum atomic E-state index is -0.481. The summed E-state index contributed by atoms with van der Waals surface area (Å²) in [5.41, 5.74) is 0.767. The number of nitrogens with zero attached hydrogens (tertiary/aromatic N) is 2. The van der Waals surface area contributed by atoms with E-state index in [1.807, 2.05) is 5.38 Å². The van der Waals surface area contributed by atoms with Gasteiger partial charge < -0.3 is 14.7 Å². The third-order valence-electron chi connectivity index (χ3n) is 3.01. The second-order valence-electron chi connectivity index (χ2n) is 4.43. The maximum absolute atomic E-state index is 9.49. The van der Waals surface area contributed by atoms with Gasteiger partial charge in [-0.2, -0.15) is 0 Å². The van der Waals surface area contributed by atoms with Crippen LogP contribution in [0.4, 0.5) is 5.13 Å². The Balaban J connectivity index is 2.08. The van der Waals surface area contributed by atoms with Gasteiger partial charge in [0.2, 0.25) is 0 Å². The molecule has 1 aromatic rings. The smallest absolute Gasteiger partial charge is 0.185 e. The number of rotatable bonds is 3. The van der Waals surface area contributed by atoms with Crippen LogP contribution in [0.15, 0.2) is 5.38 Å². The molecular weight excluding hydrogens is 236 g/mol. The standard InChI is InChI=1S/C12H20N2O2S/c1-3-10-7-14(5-4-6-16-10)12-13-11(8-17-12)9(2)15/h8-10,15H,3-7H2,1-2H3. The molecule has 0 aromatic carbocycles. The Morgan fingerprint density at radius 3 is 3.18 bits per heavy atom. The monoisotopic (exact) mass is 256 g/mol. The van der Waals surface area contributed by atoms with Crippen molar-refractivity contribution in [3.63, 3.8) is 0 Å². The van der Waals surface area contributed by atoms with Crippen molar-refractivity contribution in [1.82, 2.24) is 4.98 Å². The molecule has 2 rings (SSSR count). The predicted molar refractivity (Wildman–Crippen MR) is 69.6 cm³/mol. The van der Waals surface area contributed by atoms with Gasteiger partial charge in [-0.25, -0.2) is 4.98 Å². The lowest BCUT2D eigenvalue weighted by Gasteiger charge is -2.22. The van der Waals surface area contributed by atoms with Gasteiger partial charge in [0.05, 0.1) is 17.9 Å². The molecule has 2 atom stereocenters. The van der Waals surface area contributed by atoms with Crippen molar-refractivity contribution in [2.75, 3.05) is 24.6 Å². The van der Waals surface area contributed by atoms with E-state index < -0.39 is 6.10 Å². The van der Waals surface area contributed by atoms with Gasteiger partial charge in [0.15, 0.2) is 5.13 Å². The second kappa shape index (κ2) is 5.80. The highest BCUT2D eigenvalue weighted by molar-refractivity contribution is 7.13. The number of thiazole rings is 1. The van der Waals surface area contributed by atoms with Crippen LogP contribution in [0.2, 0.25) is 0 Å². The zero-order valence-electron chi connectivity index (χ0n) is 10.4. The molecule has 0 saturated carbocycles. The number of hydrogen-bond donors (Lipinski definition) is 1. The number of hydrogen-bond acceptors (Lipinski definition) is 5. The van der Waals surface area contributed by atoms with E-state index >= 15 is 0 Å². The lowest BCUT2D eigenvalue weighted by Crippen LogP contribution is -2.31. The third-order valence-corrected chi connectivity index (χ3v) is 3.93. The zero-order chi connectivity index (χ0) is 12.3. The van der Waals surface area contributed by atoms with E-state index in [0.29, 0.717) is 6.10 Å². The maximum Gasteiger partial charge on any atom is 0.185 e. The van der Waals surface area contributed by atoms with Crippen molar-refractivity contribution in [3.8, 4) is 0 Å². The van der Waals surface area contributed by atoms with Crippen molar-refractivity contribution < 1.29 is 9.84 Å². The molecule has 1 aliphatic rings. The van der Waals surface area contributed by atoms with E-state index in [0.717, 1.165) is 43.4 Å². The van der Waals surface area contributed by atoms with Crippen LogP contribution >= 0.6 is 11.3 Å². The minimum absolute atomic E-state index is 0.302. The van der Waals surface area contributed by atoms with Gasteiger partial charge in [0, 0.05) is 25.1 Å². The minimum Gasteiger partial charge on any atom is -0.387 e. The number of aliphatic hydroxyl groups is 1. The first kappa shape index (κ1) is 12.8. The summed E-state index contributed by atoms with van der Waals surface area (Å²) >= 11 is 1.61. The van der Waals surface area contributed by atoms with E-state index in [-0.39, 0.29) is 0 Å². The number of anilines is 1. The van der Waals surface area contributed by atoms with Gasteiger partial charge in [-0.3, -0.25) is 0 Å². The average molecular weight is 256 g/mol. The molecule has 1 fully saturated rings. The fraction of sp³-hybridized carbons (Fsp3) is 0.750. The third kappa shape index (κ3) is 3.18. The van der Waals surface area contributed by atoms with Crippen molar-refractivity contribution in [1.29, 1.82) is 0 Å². The summed E-state index contributed by atoms with van der Waals surface area (Å²) in [4.78, 5) is 6.76. The van der Waals surface area contributed by atoms with Crippen LogP contribution in [0, 0.1) is 0 Å². The zero-order valence-corrected chi connectivity index (χ0v) is 11.2. The van der Waals surface area contributed by atoms with E-state index in [1.165, 1.54) is 0 Å². The predicted octanol–water partition coefficient (Wildman–Crippen LogP) is 2.20. The van der Waals surface area contributed by atoms with Gasteiger partial charge in [-0.05, 0) is 19.8 Å². The Kier molecular flexibility index (Phi) is 4.36. The number of aromatic nitrogens is 1. The topological polar surface area (TPSA) is 45.6 Å². The van der Waals surface area contributed by atoms with Crippen LogP contribution in [0.25, 0.3) is 0 Å². The van der Waals surface area contributed by atoms with E-state index in [2.05, 4.69) is 16.8 Å². The second-order valence-corrected chi connectivity index (χ2v) is 5.27. The van der Waals surface area contributed by atoms with Crippen molar-refractivity contribution in [2.45, 2.75) is 38.9 Å². The van der Waals surface area contributed by atoms with Crippen LogP contribution in [0.1, 0.15) is 38.5 Å². The Bertz CT molecular complexity index is 354. The van der Waals surface area contributed by atoms with Crippen molar-refractivity contribution in [3.05, 3.63) is 11.1 Å². The highest BCUT2D eigenvalue weighted by Gasteiger charge is 2.20. The van der Waals surface area contributed by atoms with Crippen molar-refractivity contribution >= 4 is 16.5 Å². The molecule has 2 unspecified atom stereocenters. The summed E-state index contributed by atoms with van der Waals surface area (Å²) in [7, 11) is 0. The molecule has 0 radical (unpaired) electrons. The average Bonchev–Trinajstić information content (AvgIpc) is 2.69. The lowest BCUT2D eigenvalue weighted by atomic mass is 10.2. The van der Waals surface area contributed by atoms with E-state index in [9.17, 15) is 5.11 Å². The first-order valence-electron chi connectivity index (χ1n) is 6.20. The number of ether oxygens (including phenoxy) is 1. The molecule has 96 valence electrons. The van der Waals surface area contributed by atoms with Gasteiger partial charge >= 0.3 is 0 Å². The van der Waals surface area contributed by atoms with Crippen LogP contribution in [-0.2, 0) is 4.74 Å². The maximum atomic E-state index is 9.49. The Morgan fingerprint density at radius 2 is 2.53 bits per heavy atom. The molecular formula is C12H20N2O2S. The van der Waals surface area contributed by atoms with Gasteiger partial charge in [0.1, 0.15) is 0 Å². The summed E-state index contributed by atoms with van der Waals surface area (Å²) in [6.07, 6.45) is 1.90. The molecule has 0 bridgehead atoms. The quantitative estimate of drug-likeness (QED) is 0.900. The van der Waals surface area contributed by atoms with Gasteiger partial charge in [-0.15, -0.1) is 11.3 Å². The molecule has 17 heavy (non-hydrogen) atoms. The summed E-state index contributed by atoms with van der Waals surface area (Å²) < 4.78 is 5.74. The Hall–Kier alpha value is -0.650. The summed E-state index contributed by atoms with van der Waals surface area (Å²) in [5, 5.41) is 12.4. The lowest BCUT2D eigenvalue weighted by molar-refractivity contribution is 0.0664. The Labute approximate surface area is 106 Å². The Morgan fingerprint density at radius 1 is 1.71 bits per heavy atom. The first-order valence-corrected chi connectivity index (χ1v) is 7.08. The van der Waals surface area contributed by atoms with Crippen LogP contribution in [-0.4, -0.2) is 35.9 Å². The van der Waals surface area contributed by atoms with E-state index in [1.54, 1.807) is 18.3 Å². The normalized spacial score (nSPS) is 23.5. The molecule has 1 N–H and O–H groups in total. The molecule has 1 aromatic heterocycles. The fourth-order valence-corrected chi connectivity index (χ4v) is 2.88. The van der Waals surface area contributed by atoms with E-state index in [4.69, 9.17) is 4.74 Å². The van der Waals surface area contributed by atoms with Crippen molar-refractivity contribution in [2.24, 2.45) is 0 Å². The summed E-state index contributed by atoms with van der Waals surface area (Å²) in [6, 6.07) is 0. The van der Waals surface area contributed by atoms with Crippen LogP contribution in [0.5, 0.6) is 0 Å². The fourth-order valence-electron chi connectivity index (χ4n) is 1.93. The largest absolute Gasteiger partial charge is 0.387 e. The summed E-state index contributed by atoms with van der Waals surface area (Å²) in [6.45, 7) is 6.63.